The van der Waals surface area contributed by atoms with Crippen LogP contribution < -0.4 is 11.1 Å². The van der Waals surface area contributed by atoms with Crippen LogP contribution in [0.3, 0.4) is 0 Å². The molecule has 2 aromatic rings. The quantitative estimate of drug-likeness (QED) is 0.644. The number of hydrogen-bond acceptors (Lipinski definition) is 6. The molecule has 0 aliphatic rings. The molecule has 1 aromatic heterocycles. The Morgan fingerprint density at radius 1 is 1.30 bits per heavy atom. The molecule has 1 amide bonds. The second-order valence-electron chi connectivity index (χ2n) is 3.72. The van der Waals surface area contributed by atoms with Crippen LogP contribution in [0.5, 0.6) is 0 Å². The van der Waals surface area contributed by atoms with Crippen molar-refractivity contribution in [2.75, 3.05) is 11.1 Å². The van der Waals surface area contributed by atoms with E-state index in [9.17, 15) is 19.3 Å². The van der Waals surface area contributed by atoms with Crippen LogP contribution in [0, 0.1) is 15.9 Å². The average molecular weight is 277 g/mol. The number of hydrogen-bond donors (Lipinski definition) is 2. The summed E-state index contributed by atoms with van der Waals surface area (Å²) in [6.07, 6.45) is 0. The molecule has 2 rings (SSSR count). The van der Waals surface area contributed by atoms with E-state index in [1.165, 1.54) is 18.2 Å². The monoisotopic (exact) mass is 277 g/mol. The molecule has 0 aliphatic heterocycles. The average Bonchev–Trinajstić information content (AvgIpc) is 2.39. The van der Waals surface area contributed by atoms with Crippen LogP contribution in [0.25, 0.3) is 0 Å². The molecule has 1 heterocycles. The second kappa shape index (κ2) is 5.26. The summed E-state index contributed by atoms with van der Waals surface area (Å²) in [5.74, 6) is -1.52. The molecule has 0 unspecified atom stereocenters. The second-order valence-corrected chi connectivity index (χ2v) is 3.72. The maximum atomic E-state index is 13.4. The molecule has 3 N–H and O–H groups in total. The Morgan fingerprint density at radius 3 is 2.60 bits per heavy atom. The molecule has 102 valence electrons. The van der Waals surface area contributed by atoms with E-state index in [-0.39, 0.29) is 17.2 Å². The van der Waals surface area contributed by atoms with Crippen LogP contribution in [-0.4, -0.2) is 21.0 Å². The summed E-state index contributed by atoms with van der Waals surface area (Å²) in [5.41, 5.74) is 4.71. The van der Waals surface area contributed by atoms with E-state index < -0.39 is 22.3 Å². The Bertz CT molecular complexity index is 674. The lowest BCUT2D eigenvalue weighted by Crippen LogP contribution is -2.14. The van der Waals surface area contributed by atoms with Crippen LogP contribution in [-0.2, 0) is 0 Å². The van der Waals surface area contributed by atoms with Crippen molar-refractivity contribution in [1.82, 2.24) is 10.2 Å². The Kier molecular flexibility index (Phi) is 3.51. The van der Waals surface area contributed by atoms with Crippen molar-refractivity contribution < 1.29 is 14.1 Å². The smallest absolute Gasteiger partial charge is 0.304 e. The van der Waals surface area contributed by atoms with Crippen LogP contribution in [0.1, 0.15) is 10.5 Å². The molecule has 0 fully saturated rings. The Hall–Kier alpha value is -3.10. The van der Waals surface area contributed by atoms with Crippen molar-refractivity contribution in [2.45, 2.75) is 0 Å². The van der Waals surface area contributed by atoms with E-state index in [0.717, 1.165) is 12.1 Å². The van der Waals surface area contributed by atoms with Gasteiger partial charge >= 0.3 is 5.69 Å². The number of aromatic nitrogens is 2. The molecule has 0 saturated carbocycles. The fraction of sp³-hybridized carbons (Fsp3) is 0. The molecular weight excluding hydrogens is 269 g/mol. The molecule has 1 aromatic carbocycles. The zero-order valence-corrected chi connectivity index (χ0v) is 9.91. The highest BCUT2D eigenvalue weighted by Crippen LogP contribution is 2.21. The van der Waals surface area contributed by atoms with E-state index in [0.29, 0.717) is 0 Å². The number of halogens is 1. The van der Waals surface area contributed by atoms with E-state index >= 15 is 0 Å². The number of nitro benzene ring substituents is 1. The Balaban J connectivity index is 2.18. The van der Waals surface area contributed by atoms with Crippen molar-refractivity contribution in [1.29, 1.82) is 0 Å². The van der Waals surface area contributed by atoms with Gasteiger partial charge in [0.25, 0.3) is 5.91 Å². The number of nitrogens with two attached hydrogens (primary N) is 1. The van der Waals surface area contributed by atoms with Crippen molar-refractivity contribution in [2.24, 2.45) is 0 Å². The highest BCUT2D eigenvalue weighted by molar-refractivity contribution is 6.02. The van der Waals surface area contributed by atoms with Crippen molar-refractivity contribution in [3.63, 3.8) is 0 Å². The van der Waals surface area contributed by atoms with Gasteiger partial charge in [-0.1, -0.05) is 0 Å². The minimum Gasteiger partial charge on any atom is -0.382 e. The molecule has 8 nitrogen and oxygen atoms in total. The fourth-order valence-electron chi connectivity index (χ4n) is 1.39. The molecular formula is C11H8FN5O3. The molecule has 0 aliphatic carbocycles. The van der Waals surface area contributed by atoms with Gasteiger partial charge in [0, 0.05) is 17.8 Å². The summed E-state index contributed by atoms with van der Waals surface area (Å²) in [7, 11) is 0. The third-order valence-corrected chi connectivity index (χ3v) is 2.32. The zero-order valence-electron chi connectivity index (χ0n) is 9.91. The number of carbonyl (C=O) groups excluding carboxylic acids is 1. The predicted molar refractivity (Wildman–Crippen MR) is 67.5 cm³/mol. The van der Waals surface area contributed by atoms with Gasteiger partial charge in [-0.3, -0.25) is 14.9 Å². The van der Waals surface area contributed by atoms with E-state index in [1.54, 1.807) is 0 Å². The number of nitrogens with one attached hydrogen (secondary N) is 1. The summed E-state index contributed by atoms with van der Waals surface area (Å²) >= 11 is 0. The van der Waals surface area contributed by atoms with Gasteiger partial charge in [-0.15, -0.1) is 10.2 Å². The third kappa shape index (κ3) is 2.83. The number of benzene rings is 1. The van der Waals surface area contributed by atoms with Gasteiger partial charge < -0.3 is 11.1 Å². The van der Waals surface area contributed by atoms with Gasteiger partial charge in [0.05, 0.1) is 4.92 Å². The lowest BCUT2D eigenvalue weighted by Gasteiger charge is -2.04. The van der Waals surface area contributed by atoms with Gasteiger partial charge in [0.2, 0.25) is 5.82 Å². The first-order valence-corrected chi connectivity index (χ1v) is 5.32. The van der Waals surface area contributed by atoms with Gasteiger partial charge in [0.15, 0.2) is 5.69 Å². The topological polar surface area (TPSA) is 124 Å². The number of nitrogens with zero attached hydrogens (tertiary/aromatic N) is 3. The highest BCUT2D eigenvalue weighted by atomic mass is 19.1. The third-order valence-electron chi connectivity index (χ3n) is 2.32. The molecule has 0 radical (unpaired) electrons. The predicted octanol–water partition coefficient (Wildman–Crippen LogP) is 1.36. The first kappa shape index (κ1) is 13.3. The minimum atomic E-state index is -1.05. The summed E-state index contributed by atoms with van der Waals surface area (Å²) in [4.78, 5) is 21.3. The largest absolute Gasteiger partial charge is 0.382 e. The SMILES string of the molecule is Nc1ccc(C(=O)Nc2ccc([N+](=O)[O-])c(F)c2)nn1. The first-order chi connectivity index (χ1) is 9.47. The Morgan fingerprint density at radius 2 is 2.05 bits per heavy atom. The molecule has 20 heavy (non-hydrogen) atoms. The number of anilines is 2. The zero-order chi connectivity index (χ0) is 14.7. The molecule has 0 saturated heterocycles. The number of amides is 1. The van der Waals surface area contributed by atoms with Crippen LogP contribution in [0.4, 0.5) is 21.6 Å². The summed E-state index contributed by atoms with van der Waals surface area (Å²) in [5, 5.41) is 19.9. The highest BCUT2D eigenvalue weighted by Gasteiger charge is 2.15. The molecule has 0 atom stereocenters. The van der Waals surface area contributed by atoms with Crippen LogP contribution in [0.15, 0.2) is 30.3 Å². The lowest BCUT2D eigenvalue weighted by molar-refractivity contribution is -0.387. The van der Waals surface area contributed by atoms with Crippen LogP contribution >= 0.6 is 0 Å². The van der Waals surface area contributed by atoms with Crippen molar-refractivity contribution in [3.8, 4) is 0 Å². The number of carbonyl (C=O) groups is 1. The van der Waals surface area contributed by atoms with E-state index in [2.05, 4.69) is 15.5 Å². The number of nitrogen functional groups attached to an aromatic ring is 1. The summed E-state index contributed by atoms with van der Waals surface area (Å²) in [6, 6.07) is 5.75. The van der Waals surface area contributed by atoms with Gasteiger partial charge in [-0.2, -0.15) is 4.39 Å². The summed E-state index contributed by atoms with van der Waals surface area (Å²) < 4.78 is 13.4. The Labute approximate surface area is 111 Å². The maximum Gasteiger partial charge on any atom is 0.304 e. The first-order valence-electron chi connectivity index (χ1n) is 5.32. The maximum absolute atomic E-state index is 13.4. The van der Waals surface area contributed by atoms with Gasteiger partial charge in [-0.05, 0) is 18.2 Å². The van der Waals surface area contributed by atoms with E-state index in [1.807, 2.05) is 0 Å². The van der Waals surface area contributed by atoms with E-state index in [4.69, 9.17) is 5.73 Å². The van der Waals surface area contributed by atoms with Crippen LogP contribution in [0.2, 0.25) is 0 Å². The number of rotatable bonds is 3. The fourth-order valence-corrected chi connectivity index (χ4v) is 1.39. The minimum absolute atomic E-state index is 0.0158. The molecule has 0 bridgehead atoms. The normalized spacial score (nSPS) is 10.1. The molecule has 0 spiro atoms. The van der Waals surface area contributed by atoms with Gasteiger partial charge in [0.1, 0.15) is 5.82 Å². The summed E-state index contributed by atoms with van der Waals surface area (Å²) in [6.45, 7) is 0. The van der Waals surface area contributed by atoms with Gasteiger partial charge in [-0.25, -0.2) is 0 Å². The van der Waals surface area contributed by atoms with Crippen molar-refractivity contribution in [3.05, 3.63) is 52.0 Å². The van der Waals surface area contributed by atoms with Crippen molar-refractivity contribution >= 4 is 23.1 Å². The lowest BCUT2D eigenvalue weighted by atomic mass is 10.2. The number of nitro groups is 1. The molecule has 9 heteroatoms. The standard InChI is InChI=1S/C11H8FN5O3/c12-7-5-6(1-3-9(7)17(19)20)14-11(18)8-2-4-10(13)16-15-8/h1-5H,(H2,13,16)(H,14,18).